The van der Waals surface area contributed by atoms with Gasteiger partial charge in [-0.1, -0.05) is 38.4 Å². The van der Waals surface area contributed by atoms with E-state index in [9.17, 15) is 32.7 Å². The van der Waals surface area contributed by atoms with E-state index in [1.54, 1.807) is 25.1 Å². The van der Waals surface area contributed by atoms with Gasteiger partial charge in [0.15, 0.2) is 11.5 Å². The van der Waals surface area contributed by atoms with Gasteiger partial charge < -0.3 is 15.0 Å². The number of halogens is 4. The van der Waals surface area contributed by atoms with E-state index < -0.39 is 58.5 Å². The van der Waals surface area contributed by atoms with Crippen LogP contribution in [0, 0.1) is 10.8 Å². The van der Waals surface area contributed by atoms with Crippen molar-refractivity contribution in [2.45, 2.75) is 65.6 Å². The van der Waals surface area contributed by atoms with E-state index in [0.29, 0.717) is 15.9 Å². The Morgan fingerprint density at radius 2 is 1.82 bits per heavy atom. The number of aromatic amines is 1. The van der Waals surface area contributed by atoms with Gasteiger partial charge in [0.2, 0.25) is 0 Å². The first kappa shape index (κ1) is 29.6. The Hall–Kier alpha value is -3.34. The molecule has 12 heteroatoms. The van der Waals surface area contributed by atoms with Gasteiger partial charge in [-0.3, -0.25) is 19.1 Å². The van der Waals surface area contributed by atoms with E-state index in [4.69, 9.17) is 11.6 Å². The maximum Gasteiger partial charge on any atom is 0.433 e. The summed E-state index contributed by atoms with van der Waals surface area (Å²) >= 11 is 6.31. The number of benzene rings is 1. The molecule has 4 rings (SSSR count). The molecule has 216 valence electrons. The number of nitrogens with one attached hydrogen (secondary N) is 1. The second kappa shape index (κ2) is 10.6. The van der Waals surface area contributed by atoms with Crippen molar-refractivity contribution < 1.29 is 32.7 Å². The molecule has 1 saturated carbocycles. The van der Waals surface area contributed by atoms with Crippen LogP contribution in [0.1, 0.15) is 85.8 Å². The van der Waals surface area contributed by atoms with Crippen LogP contribution >= 0.6 is 11.6 Å². The molecule has 0 spiro atoms. The summed E-state index contributed by atoms with van der Waals surface area (Å²) in [5.74, 6) is -2.42. The molecule has 3 aromatic rings. The first-order chi connectivity index (χ1) is 18.5. The first-order valence-corrected chi connectivity index (χ1v) is 13.4. The Morgan fingerprint density at radius 3 is 2.40 bits per heavy atom. The maximum absolute atomic E-state index is 14.4. The first-order valence-electron chi connectivity index (χ1n) is 13.0. The average Bonchev–Trinajstić information content (AvgIpc) is 3.48. The third-order valence-corrected chi connectivity index (χ3v) is 7.77. The highest BCUT2D eigenvalue weighted by atomic mass is 35.5. The summed E-state index contributed by atoms with van der Waals surface area (Å²) in [4.78, 5) is 42.8. The number of amides is 1. The SMILES string of the molecule is CC(C)(C)CN(CC(=O)c1c[nH]c2cccc(Cl)c12)C(=O)c1cnn([C@H]2CC[C@](C)(C(=O)O)CC2)c1C(F)(F)F. The molecule has 1 amide bonds. The summed E-state index contributed by atoms with van der Waals surface area (Å²) in [6.45, 7) is 6.58. The number of alkyl halides is 3. The van der Waals surface area contributed by atoms with Gasteiger partial charge in [-0.05, 0) is 50.2 Å². The fourth-order valence-electron chi connectivity index (χ4n) is 5.34. The lowest BCUT2D eigenvalue weighted by Gasteiger charge is -2.34. The van der Waals surface area contributed by atoms with Crippen LogP contribution in [0.4, 0.5) is 13.2 Å². The monoisotopic (exact) mass is 580 g/mol. The normalized spacial score (nSPS) is 20.1. The molecule has 1 aliphatic carbocycles. The molecule has 2 N–H and O–H groups in total. The molecule has 8 nitrogen and oxygen atoms in total. The molecule has 0 radical (unpaired) electrons. The predicted octanol–water partition coefficient (Wildman–Crippen LogP) is 6.61. The molecule has 40 heavy (non-hydrogen) atoms. The van der Waals surface area contributed by atoms with Gasteiger partial charge in [-0.25, -0.2) is 0 Å². The number of carbonyl (C=O) groups excluding carboxylic acids is 2. The van der Waals surface area contributed by atoms with Gasteiger partial charge in [-0.2, -0.15) is 18.3 Å². The molecular weight excluding hydrogens is 549 g/mol. The number of rotatable bonds is 7. The number of ketones is 1. The minimum atomic E-state index is -4.91. The third kappa shape index (κ3) is 5.89. The molecule has 0 saturated heterocycles. The van der Waals surface area contributed by atoms with Crippen molar-refractivity contribution in [3.05, 3.63) is 52.4 Å². The highest BCUT2D eigenvalue weighted by molar-refractivity contribution is 6.37. The number of aliphatic carboxylic acids is 1. The average molecular weight is 581 g/mol. The number of carboxylic acids is 1. The van der Waals surface area contributed by atoms with Crippen LogP contribution in [0.5, 0.6) is 0 Å². The van der Waals surface area contributed by atoms with E-state index in [0.717, 1.165) is 15.8 Å². The maximum atomic E-state index is 14.4. The van der Waals surface area contributed by atoms with Crippen molar-refractivity contribution in [3.8, 4) is 0 Å². The molecule has 0 atom stereocenters. The Morgan fingerprint density at radius 1 is 1.18 bits per heavy atom. The summed E-state index contributed by atoms with van der Waals surface area (Å²) in [5, 5.41) is 14.3. The number of hydrogen-bond acceptors (Lipinski definition) is 4. The summed E-state index contributed by atoms with van der Waals surface area (Å²) in [7, 11) is 0. The Balaban J connectivity index is 1.68. The number of carbonyl (C=O) groups is 3. The van der Waals surface area contributed by atoms with Crippen molar-refractivity contribution in [3.63, 3.8) is 0 Å². The van der Waals surface area contributed by atoms with Crippen molar-refractivity contribution in [1.82, 2.24) is 19.7 Å². The van der Waals surface area contributed by atoms with Gasteiger partial charge in [-0.15, -0.1) is 0 Å². The van der Waals surface area contributed by atoms with Crippen molar-refractivity contribution in [2.75, 3.05) is 13.1 Å². The van der Waals surface area contributed by atoms with E-state index in [1.807, 2.05) is 20.8 Å². The topological polar surface area (TPSA) is 108 Å². The fourth-order valence-corrected chi connectivity index (χ4v) is 5.61. The number of H-pyrrole nitrogens is 1. The minimum absolute atomic E-state index is 0.0104. The van der Waals surface area contributed by atoms with Gasteiger partial charge >= 0.3 is 12.1 Å². The lowest BCUT2D eigenvalue weighted by Crippen LogP contribution is -2.42. The van der Waals surface area contributed by atoms with Gasteiger partial charge in [0.05, 0.1) is 34.8 Å². The zero-order valence-corrected chi connectivity index (χ0v) is 23.5. The lowest BCUT2D eigenvalue weighted by atomic mass is 9.74. The molecule has 2 heterocycles. The van der Waals surface area contributed by atoms with Crippen molar-refractivity contribution >= 4 is 40.2 Å². The number of fused-ring (bicyclic) bond motifs is 1. The summed E-state index contributed by atoms with van der Waals surface area (Å²) < 4.78 is 44.1. The van der Waals surface area contributed by atoms with Crippen LogP contribution < -0.4 is 0 Å². The second-order valence-electron chi connectivity index (χ2n) is 12.0. The number of aromatic nitrogens is 3. The van der Waals surface area contributed by atoms with Gasteiger partial charge in [0.1, 0.15) is 0 Å². The molecule has 0 bridgehead atoms. The molecule has 0 aliphatic heterocycles. The van der Waals surface area contributed by atoms with Gasteiger partial charge in [0, 0.05) is 29.2 Å². The quantitative estimate of drug-likeness (QED) is 0.306. The molecule has 2 aromatic heterocycles. The third-order valence-electron chi connectivity index (χ3n) is 7.46. The van der Waals surface area contributed by atoms with Crippen LogP contribution in [-0.2, 0) is 11.0 Å². The Kier molecular flexibility index (Phi) is 7.83. The predicted molar refractivity (Wildman–Crippen MR) is 143 cm³/mol. The summed E-state index contributed by atoms with van der Waals surface area (Å²) in [6.07, 6.45) is -1.81. The zero-order chi connectivity index (χ0) is 29.6. The second-order valence-corrected chi connectivity index (χ2v) is 12.4. The number of Topliss-reactive ketones (excluding diaryl/α,β-unsaturated/α-hetero) is 1. The fraction of sp³-hybridized carbons (Fsp3) is 0.500. The summed E-state index contributed by atoms with van der Waals surface area (Å²) in [5.41, 5.74) is -2.53. The summed E-state index contributed by atoms with van der Waals surface area (Å²) in [6, 6.07) is 4.37. The largest absolute Gasteiger partial charge is 0.481 e. The number of hydrogen-bond donors (Lipinski definition) is 2. The van der Waals surface area contributed by atoms with Crippen molar-refractivity contribution in [1.29, 1.82) is 0 Å². The molecule has 1 aliphatic rings. The van der Waals surface area contributed by atoms with Crippen LogP contribution in [0.2, 0.25) is 5.02 Å². The van der Waals surface area contributed by atoms with E-state index in [2.05, 4.69) is 10.1 Å². The highest BCUT2D eigenvalue weighted by Crippen LogP contribution is 2.43. The van der Waals surface area contributed by atoms with Crippen LogP contribution in [0.15, 0.2) is 30.6 Å². The smallest absolute Gasteiger partial charge is 0.433 e. The lowest BCUT2D eigenvalue weighted by molar-refractivity contribution is -0.152. The Bertz CT molecular complexity index is 1450. The Labute approximate surface area is 234 Å². The number of nitrogens with zero attached hydrogens (tertiary/aromatic N) is 3. The highest BCUT2D eigenvalue weighted by Gasteiger charge is 2.45. The van der Waals surface area contributed by atoms with E-state index in [-0.39, 0.29) is 37.8 Å². The molecule has 1 fully saturated rings. The molecule has 0 unspecified atom stereocenters. The van der Waals surface area contributed by atoms with E-state index in [1.165, 1.54) is 6.20 Å². The molecule has 1 aromatic carbocycles. The minimum Gasteiger partial charge on any atom is -0.481 e. The van der Waals surface area contributed by atoms with Crippen LogP contribution in [-0.4, -0.2) is 55.5 Å². The zero-order valence-electron chi connectivity index (χ0n) is 22.7. The molecular formula is C28H32ClF3N4O4. The van der Waals surface area contributed by atoms with Crippen molar-refractivity contribution in [2.24, 2.45) is 10.8 Å². The van der Waals surface area contributed by atoms with Gasteiger partial charge in [0.25, 0.3) is 5.91 Å². The van der Waals surface area contributed by atoms with Crippen LogP contribution in [0.3, 0.4) is 0 Å². The standard InChI is InChI=1S/C28H32ClF3N4O4/c1-26(2,3)15-35(14-21(37)17-12-33-20-7-5-6-19(29)22(17)20)24(38)18-13-34-36(23(18)28(30,31)32)16-8-10-27(4,11-9-16)25(39)40/h5-7,12-13,16,33H,8-11,14-15H2,1-4H3,(H,39,40)/t16-,27-. The van der Waals surface area contributed by atoms with E-state index >= 15 is 0 Å². The number of carboxylic acid groups (broad SMARTS) is 1. The van der Waals surface area contributed by atoms with Crippen LogP contribution in [0.25, 0.3) is 10.9 Å².